The molecular weight excluding hydrogens is 236 g/mol. The molecule has 1 aromatic heterocycles. The molecule has 0 amide bonds. The molecule has 2 rings (SSSR count). The predicted molar refractivity (Wildman–Crippen MR) is 63.2 cm³/mol. The van der Waals surface area contributed by atoms with Crippen molar-refractivity contribution < 1.29 is 24.2 Å². The molecule has 0 unspecified atom stereocenters. The van der Waals surface area contributed by atoms with E-state index in [-0.39, 0.29) is 17.9 Å². The Morgan fingerprint density at radius 3 is 2.78 bits per heavy atom. The molecular formula is C13H12O5. The lowest BCUT2D eigenvalue weighted by atomic mass is 10.0. The summed E-state index contributed by atoms with van der Waals surface area (Å²) >= 11 is 0. The Hall–Kier alpha value is -2.43. The van der Waals surface area contributed by atoms with Crippen LogP contribution in [-0.4, -0.2) is 23.3 Å². The Kier molecular flexibility index (Phi) is 3.23. The number of carbonyl (C=O) groups is 1. The maximum Gasteiger partial charge on any atom is 0.310 e. The molecule has 0 aliphatic heterocycles. The molecule has 94 valence electrons. The maximum atomic E-state index is 11.3. The number of ether oxygens (including phenoxy) is 1. The van der Waals surface area contributed by atoms with Gasteiger partial charge in [-0.2, -0.15) is 0 Å². The molecule has 5 nitrogen and oxygen atoms in total. The van der Waals surface area contributed by atoms with Crippen LogP contribution in [0.5, 0.6) is 11.5 Å². The maximum absolute atomic E-state index is 11.3. The lowest BCUT2D eigenvalue weighted by Crippen LogP contribution is -2.05. The van der Waals surface area contributed by atoms with Gasteiger partial charge in [-0.05, 0) is 23.8 Å². The van der Waals surface area contributed by atoms with Gasteiger partial charge in [0, 0.05) is 6.07 Å². The number of carbonyl (C=O) groups excluding carboxylic acids is 1. The number of rotatable bonds is 3. The predicted octanol–water partition coefficient (Wildman–Crippen LogP) is 2.07. The summed E-state index contributed by atoms with van der Waals surface area (Å²) in [6.45, 7) is 0. The van der Waals surface area contributed by atoms with Crippen molar-refractivity contribution in [3.05, 3.63) is 36.1 Å². The summed E-state index contributed by atoms with van der Waals surface area (Å²) < 4.78 is 9.78. The SMILES string of the molecule is COC(=O)Cc1cc(O)cc(O)c1-c1ccco1. The molecule has 0 fully saturated rings. The molecule has 0 bridgehead atoms. The average molecular weight is 248 g/mol. The van der Waals surface area contributed by atoms with E-state index in [1.807, 2.05) is 0 Å². The highest BCUT2D eigenvalue weighted by atomic mass is 16.5. The fraction of sp³-hybridized carbons (Fsp3) is 0.154. The molecule has 0 radical (unpaired) electrons. The summed E-state index contributed by atoms with van der Waals surface area (Å²) in [4.78, 5) is 11.3. The Morgan fingerprint density at radius 1 is 1.39 bits per heavy atom. The first-order chi connectivity index (χ1) is 8.61. The van der Waals surface area contributed by atoms with Crippen molar-refractivity contribution >= 4 is 5.97 Å². The third-order valence-corrected chi connectivity index (χ3v) is 2.51. The standard InChI is InChI=1S/C13H12O5/c1-17-12(16)6-8-5-9(14)7-10(15)13(8)11-3-2-4-18-11/h2-5,7,14-15H,6H2,1H3. The van der Waals surface area contributed by atoms with Crippen LogP contribution in [0.2, 0.25) is 0 Å². The number of aromatic hydroxyl groups is 2. The second kappa shape index (κ2) is 4.83. The van der Waals surface area contributed by atoms with E-state index >= 15 is 0 Å². The Bertz CT molecular complexity index is 557. The Balaban J connectivity index is 2.52. The van der Waals surface area contributed by atoms with Crippen LogP contribution in [-0.2, 0) is 16.0 Å². The van der Waals surface area contributed by atoms with Crippen molar-refractivity contribution in [1.82, 2.24) is 0 Å². The van der Waals surface area contributed by atoms with E-state index < -0.39 is 5.97 Å². The minimum Gasteiger partial charge on any atom is -0.508 e. The van der Waals surface area contributed by atoms with Crippen LogP contribution >= 0.6 is 0 Å². The van der Waals surface area contributed by atoms with Gasteiger partial charge >= 0.3 is 5.97 Å². The molecule has 2 aromatic rings. The van der Waals surface area contributed by atoms with E-state index in [9.17, 15) is 15.0 Å². The average Bonchev–Trinajstić information content (AvgIpc) is 2.81. The molecule has 1 aromatic carbocycles. The van der Waals surface area contributed by atoms with Gasteiger partial charge in [-0.25, -0.2) is 0 Å². The number of benzene rings is 1. The fourth-order valence-electron chi connectivity index (χ4n) is 1.74. The summed E-state index contributed by atoms with van der Waals surface area (Å²) in [5.41, 5.74) is 0.817. The summed E-state index contributed by atoms with van der Waals surface area (Å²) in [5, 5.41) is 19.3. The first kappa shape index (κ1) is 12.0. The van der Waals surface area contributed by atoms with Gasteiger partial charge < -0.3 is 19.4 Å². The van der Waals surface area contributed by atoms with Gasteiger partial charge in [0.15, 0.2) is 0 Å². The highest BCUT2D eigenvalue weighted by molar-refractivity contribution is 5.79. The van der Waals surface area contributed by atoms with Crippen molar-refractivity contribution in [3.63, 3.8) is 0 Å². The number of hydrogen-bond acceptors (Lipinski definition) is 5. The third-order valence-electron chi connectivity index (χ3n) is 2.51. The van der Waals surface area contributed by atoms with Crippen LogP contribution in [0, 0.1) is 0 Å². The van der Waals surface area contributed by atoms with Crippen molar-refractivity contribution in [2.24, 2.45) is 0 Å². The number of phenols is 2. The molecule has 0 saturated heterocycles. The van der Waals surface area contributed by atoms with Gasteiger partial charge in [-0.3, -0.25) is 4.79 Å². The van der Waals surface area contributed by atoms with Crippen LogP contribution < -0.4 is 0 Å². The van der Waals surface area contributed by atoms with Gasteiger partial charge in [0.1, 0.15) is 17.3 Å². The zero-order valence-corrected chi connectivity index (χ0v) is 9.71. The second-order valence-electron chi connectivity index (χ2n) is 3.73. The molecule has 0 atom stereocenters. The summed E-state index contributed by atoms with van der Waals surface area (Å²) in [5.74, 6) is -0.315. The molecule has 0 aliphatic rings. The summed E-state index contributed by atoms with van der Waals surface area (Å²) in [6, 6.07) is 5.92. The highest BCUT2D eigenvalue weighted by Gasteiger charge is 2.17. The minimum absolute atomic E-state index is 0.0610. The normalized spacial score (nSPS) is 10.3. The highest BCUT2D eigenvalue weighted by Crippen LogP contribution is 2.36. The van der Waals surface area contributed by atoms with Gasteiger partial charge in [0.05, 0.1) is 25.4 Å². The van der Waals surface area contributed by atoms with Crippen LogP contribution in [0.4, 0.5) is 0 Å². The number of hydrogen-bond donors (Lipinski definition) is 2. The van der Waals surface area contributed by atoms with Crippen LogP contribution in [0.1, 0.15) is 5.56 Å². The van der Waals surface area contributed by atoms with E-state index in [0.29, 0.717) is 16.9 Å². The number of phenolic OH excluding ortho intramolecular Hbond substituents is 2. The molecule has 0 aliphatic carbocycles. The number of methoxy groups -OCH3 is 1. The molecule has 0 spiro atoms. The van der Waals surface area contributed by atoms with E-state index in [2.05, 4.69) is 4.74 Å². The van der Waals surface area contributed by atoms with Gasteiger partial charge in [-0.1, -0.05) is 0 Å². The van der Waals surface area contributed by atoms with Crippen molar-refractivity contribution in [3.8, 4) is 22.8 Å². The van der Waals surface area contributed by atoms with Gasteiger partial charge in [0.2, 0.25) is 0 Å². The van der Waals surface area contributed by atoms with Crippen LogP contribution in [0.25, 0.3) is 11.3 Å². The first-order valence-electron chi connectivity index (χ1n) is 5.27. The second-order valence-corrected chi connectivity index (χ2v) is 3.73. The third kappa shape index (κ3) is 2.29. The fourth-order valence-corrected chi connectivity index (χ4v) is 1.74. The monoisotopic (exact) mass is 248 g/mol. The quantitative estimate of drug-likeness (QED) is 0.813. The lowest BCUT2D eigenvalue weighted by Gasteiger charge is -2.09. The lowest BCUT2D eigenvalue weighted by molar-refractivity contribution is -0.139. The molecule has 0 saturated carbocycles. The van der Waals surface area contributed by atoms with Crippen LogP contribution in [0.3, 0.4) is 0 Å². The number of esters is 1. The Morgan fingerprint density at radius 2 is 2.17 bits per heavy atom. The molecule has 5 heteroatoms. The smallest absolute Gasteiger partial charge is 0.310 e. The van der Waals surface area contributed by atoms with Crippen molar-refractivity contribution in [2.75, 3.05) is 7.11 Å². The minimum atomic E-state index is -0.465. The van der Waals surface area contributed by atoms with E-state index in [4.69, 9.17) is 4.42 Å². The van der Waals surface area contributed by atoms with E-state index in [0.717, 1.165) is 0 Å². The zero-order valence-electron chi connectivity index (χ0n) is 9.71. The van der Waals surface area contributed by atoms with Gasteiger partial charge in [0.25, 0.3) is 0 Å². The summed E-state index contributed by atoms with van der Waals surface area (Å²) in [6.07, 6.45) is 1.40. The largest absolute Gasteiger partial charge is 0.508 e. The Labute approximate surface area is 103 Å². The van der Waals surface area contributed by atoms with E-state index in [1.165, 1.54) is 25.5 Å². The molecule has 2 N–H and O–H groups in total. The topological polar surface area (TPSA) is 79.9 Å². The van der Waals surface area contributed by atoms with Gasteiger partial charge in [-0.15, -0.1) is 0 Å². The summed E-state index contributed by atoms with van der Waals surface area (Å²) in [7, 11) is 1.28. The zero-order chi connectivity index (χ0) is 13.1. The molecule has 18 heavy (non-hydrogen) atoms. The van der Waals surface area contributed by atoms with Crippen LogP contribution in [0.15, 0.2) is 34.9 Å². The first-order valence-corrected chi connectivity index (χ1v) is 5.27. The number of furan rings is 1. The van der Waals surface area contributed by atoms with Crippen molar-refractivity contribution in [2.45, 2.75) is 6.42 Å². The van der Waals surface area contributed by atoms with E-state index in [1.54, 1.807) is 12.1 Å². The molecule has 1 heterocycles. The van der Waals surface area contributed by atoms with Crippen molar-refractivity contribution in [1.29, 1.82) is 0 Å².